The van der Waals surface area contributed by atoms with Crippen molar-refractivity contribution < 1.29 is 9.53 Å². The summed E-state index contributed by atoms with van der Waals surface area (Å²) in [6.45, 7) is 6.63. The number of nitrogens with zero attached hydrogens (tertiary/aromatic N) is 2. The highest BCUT2D eigenvalue weighted by Crippen LogP contribution is 2.27. The van der Waals surface area contributed by atoms with Gasteiger partial charge in [-0.2, -0.15) is 0 Å². The summed E-state index contributed by atoms with van der Waals surface area (Å²) in [5.41, 5.74) is 4.81. The summed E-state index contributed by atoms with van der Waals surface area (Å²) in [4.78, 5) is 31.1. The van der Waals surface area contributed by atoms with Gasteiger partial charge in [-0.05, 0) is 79.4 Å². The van der Waals surface area contributed by atoms with Crippen molar-refractivity contribution in [1.29, 1.82) is 0 Å². The fourth-order valence-electron chi connectivity index (χ4n) is 3.96. The van der Waals surface area contributed by atoms with Crippen LogP contribution in [-0.4, -0.2) is 29.1 Å². The zero-order valence-electron chi connectivity index (χ0n) is 20.4. The Morgan fingerprint density at radius 1 is 1.06 bits per heavy atom. The van der Waals surface area contributed by atoms with Crippen LogP contribution >= 0.6 is 11.8 Å². The second kappa shape index (κ2) is 10.8. The van der Waals surface area contributed by atoms with Gasteiger partial charge in [0.25, 0.3) is 11.5 Å². The normalized spacial score (nSPS) is 11.0. The van der Waals surface area contributed by atoms with Crippen molar-refractivity contribution in [3.63, 3.8) is 0 Å². The van der Waals surface area contributed by atoms with Crippen LogP contribution in [0.5, 0.6) is 5.75 Å². The number of hydrogen-bond donors (Lipinski definition) is 1. The minimum Gasteiger partial charge on any atom is -0.497 e. The fraction of sp³-hybridized carbons (Fsp3) is 0.250. The predicted molar refractivity (Wildman–Crippen MR) is 142 cm³/mol. The number of amides is 1. The van der Waals surface area contributed by atoms with Gasteiger partial charge in [0.05, 0.1) is 23.7 Å². The SMILES string of the molecule is CCCNC(=O)c1ccc2c(=O)n(-c3cc(C)cc(C)c3)c(SCc3cccc(OC)c3)nc2c1. The number of aryl methyl sites for hydroxylation is 2. The van der Waals surface area contributed by atoms with Crippen LogP contribution in [0.2, 0.25) is 0 Å². The van der Waals surface area contributed by atoms with Crippen LogP contribution in [0.4, 0.5) is 0 Å². The van der Waals surface area contributed by atoms with Crippen LogP contribution < -0.4 is 15.6 Å². The lowest BCUT2D eigenvalue weighted by molar-refractivity contribution is 0.0953. The molecule has 1 aromatic heterocycles. The smallest absolute Gasteiger partial charge is 0.266 e. The maximum absolute atomic E-state index is 13.7. The quantitative estimate of drug-likeness (QED) is 0.265. The van der Waals surface area contributed by atoms with Crippen LogP contribution in [0.1, 0.15) is 40.4 Å². The Balaban J connectivity index is 1.83. The van der Waals surface area contributed by atoms with E-state index >= 15 is 0 Å². The molecule has 7 heteroatoms. The molecule has 0 radical (unpaired) electrons. The predicted octanol–water partition coefficient (Wildman–Crippen LogP) is 5.44. The Morgan fingerprint density at radius 2 is 1.83 bits per heavy atom. The average Bonchev–Trinajstić information content (AvgIpc) is 2.85. The molecule has 0 aliphatic carbocycles. The molecule has 0 aliphatic rings. The van der Waals surface area contributed by atoms with E-state index in [4.69, 9.17) is 9.72 Å². The molecule has 180 valence electrons. The van der Waals surface area contributed by atoms with E-state index in [1.54, 1.807) is 29.9 Å². The summed E-state index contributed by atoms with van der Waals surface area (Å²) in [7, 11) is 1.64. The first-order chi connectivity index (χ1) is 16.9. The number of nitrogens with one attached hydrogen (secondary N) is 1. The minimum absolute atomic E-state index is 0.159. The van der Waals surface area contributed by atoms with E-state index in [9.17, 15) is 9.59 Å². The summed E-state index contributed by atoms with van der Waals surface area (Å²) in [5, 5.41) is 3.93. The van der Waals surface area contributed by atoms with Crippen LogP contribution in [0.25, 0.3) is 16.6 Å². The Morgan fingerprint density at radius 3 is 2.54 bits per heavy atom. The number of aromatic nitrogens is 2. The highest BCUT2D eigenvalue weighted by molar-refractivity contribution is 7.98. The molecule has 4 aromatic rings. The molecule has 4 rings (SSSR count). The highest BCUT2D eigenvalue weighted by atomic mass is 32.2. The lowest BCUT2D eigenvalue weighted by Gasteiger charge is -2.15. The van der Waals surface area contributed by atoms with Gasteiger partial charge in [-0.1, -0.05) is 36.9 Å². The summed E-state index contributed by atoms with van der Waals surface area (Å²) in [6.07, 6.45) is 0.850. The molecule has 35 heavy (non-hydrogen) atoms. The molecule has 0 saturated heterocycles. The fourth-order valence-corrected chi connectivity index (χ4v) is 4.92. The van der Waals surface area contributed by atoms with Gasteiger partial charge >= 0.3 is 0 Å². The van der Waals surface area contributed by atoms with E-state index in [2.05, 4.69) is 11.4 Å². The van der Waals surface area contributed by atoms with E-state index in [0.29, 0.717) is 33.9 Å². The number of methoxy groups -OCH3 is 1. The van der Waals surface area contributed by atoms with Crippen molar-refractivity contribution in [2.45, 2.75) is 38.1 Å². The van der Waals surface area contributed by atoms with Crippen molar-refractivity contribution in [3.05, 3.63) is 93.3 Å². The Bertz CT molecular complexity index is 1430. The molecule has 3 aromatic carbocycles. The van der Waals surface area contributed by atoms with Gasteiger partial charge in [0.2, 0.25) is 0 Å². The van der Waals surface area contributed by atoms with E-state index in [-0.39, 0.29) is 11.5 Å². The standard InChI is InChI=1S/C28H29N3O3S/c1-5-11-29-26(32)21-9-10-24-25(16-21)30-28(35-17-20-7-6-8-23(15-20)34-4)31(27(24)33)22-13-18(2)12-19(3)14-22/h6-10,12-16H,5,11,17H2,1-4H3,(H,29,32). The van der Waals surface area contributed by atoms with Gasteiger partial charge < -0.3 is 10.1 Å². The first-order valence-electron chi connectivity index (χ1n) is 11.6. The Kier molecular flexibility index (Phi) is 7.56. The first-order valence-corrected chi connectivity index (χ1v) is 12.6. The summed E-state index contributed by atoms with van der Waals surface area (Å²) >= 11 is 1.48. The van der Waals surface area contributed by atoms with Gasteiger partial charge in [-0.25, -0.2) is 4.98 Å². The van der Waals surface area contributed by atoms with Gasteiger partial charge in [-0.15, -0.1) is 0 Å². The highest BCUT2D eigenvalue weighted by Gasteiger charge is 2.16. The van der Waals surface area contributed by atoms with Crippen LogP contribution in [-0.2, 0) is 5.75 Å². The van der Waals surface area contributed by atoms with Crippen molar-refractivity contribution in [3.8, 4) is 11.4 Å². The number of ether oxygens (including phenoxy) is 1. The molecule has 0 aliphatic heterocycles. The number of carbonyl (C=O) groups excluding carboxylic acids is 1. The van der Waals surface area contributed by atoms with Crippen molar-refractivity contribution in [2.75, 3.05) is 13.7 Å². The molecule has 0 fully saturated rings. The third kappa shape index (κ3) is 5.57. The number of carbonyl (C=O) groups is 1. The molecule has 1 N–H and O–H groups in total. The molecule has 6 nitrogen and oxygen atoms in total. The van der Waals surface area contributed by atoms with E-state index in [1.165, 1.54) is 11.8 Å². The number of fused-ring (bicyclic) bond motifs is 1. The maximum atomic E-state index is 13.7. The number of hydrogen-bond acceptors (Lipinski definition) is 5. The van der Waals surface area contributed by atoms with Crippen LogP contribution in [0.15, 0.2) is 70.6 Å². The molecule has 1 heterocycles. The van der Waals surface area contributed by atoms with Crippen LogP contribution in [0.3, 0.4) is 0 Å². The Labute approximate surface area is 209 Å². The van der Waals surface area contributed by atoms with Gasteiger partial charge in [0.15, 0.2) is 5.16 Å². The molecule has 0 saturated carbocycles. The monoisotopic (exact) mass is 487 g/mol. The van der Waals surface area contributed by atoms with Crippen molar-refractivity contribution in [2.24, 2.45) is 0 Å². The maximum Gasteiger partial charge on any atom is 0.266 e. The second-order valence-electron chi connectivity index (χ2n) is 8.51. The summed E-state index contributed by atoms with van der Waals surface area (Å²) < 4.78 is 7.02. The lowest BCUT2D eigenvalue weighted by atomic mass is 10.1. The number of thioether (sulfide) groups is 1. The zero-order chi connectivity index (χ0) is 24.9. The van der Waals surface area contributed by atoms with E-state index in [0.717, 1.165) is 34.5 Å². The number of rotatable bonds is 8. The molecule has 0 unspecified atom stereocenters. The van der Waals surface area contributed by atoms with E-state index < -0.39 is 0 Å². The topological polar surface area (TPSA) is 73.2 Å². The molecule has 1 amide bonds. The van der Waals surface area contributed by atoms with Gasteiger partial charge in [0.1, 0.15) is 5.75 Å². The van der Waals surface area contributed by atoms with Crippen LogP contribution in [0, 0.1) is 13.8 Å². The minimum atomic E-state index is -0.167. The lowest BCUT2D eigenvalue weighted by Crippen LogP contribution is -2.25. The largest absolute Gasteiger partial charge is 0.497 e. The molecular weight excluding hydrogens is 458 g/mol. The van der Waals surface area contributed by atoms with Crippen molar-refractivity contribution in [1.82, 2.24) is 14.9 Å². The molecular formula is C28H29N3O3S. The third-order valence-corrected chi connectivity index (χ3v) is 6.61. The summed E-state index contributed by atoms with van der Waals surface area (Å²) in [5.74, 6) is 1.22. The van der Waals surface area contributed by atoms with Gasteiger partial charge in [-0.3, -0.25) is 14.2 Å². The van der Waals surface area contributed by atoms with E-state index in [1.807, 2.05) is 57.2 Å². The second-order valence-corrected chi connectivity index (χ2v) is 9.45. The third-order valence-electron chi connectivity index (χ3n) is 5.60. The first kappa shape index (κ1) is 24.5. The summed E-state index contributed by atoms with van der Waals surface area (Å²) in [6, 6.07) is 19.0. The molecule has 0 spiro atoms. The van der Waals surface area contributed by atoms with Crippen molar-refractivity contribution >= 4 is 28.6 Å². The van der Waals surface area contributed by atoms with Gasteiger partial charge in [0, 0.05) is 17.9 Å². The number of benzene rings is 3. The average molecular weight is 488 g/mol. The molecule has 0 atom stereocenters. The zero-order valence-corrected chi connectivity index (χ0v) is 21.2. The Hall–Kier alpha value is -3.58. The molecule has 0 bridgehead atoms.